The van der Waals surface area contributed by atoms with Gasteiger partial charge in [-0.2, -0.15) is 0 Å². The van der Waals surface area contributed by atoms with Gasteiger partial charge < -0.3 is 14.6 Å². The summed E-state index contributed by atoms with van der Waals surface area (Å²) in [6.07, 6.45) is 52.4. The number of hydrogen-bond acceptors (Lipinski definition) is 4. The van der Waals surface area contributed by atoms with Crippen molar-refractivity contribution in [1.82, 2.24) is 0 Å². The fourth-order valence-corrected chi connectivity index (χ4v) is 6.48. The molecule has 0 fully saturated rings. The zero-order valence-corrected chi connectivity index (χ0v) is 33.2. The van der Waals surface area contributed by atoms with E-state index in [2.05, 4.69) is 38.2 Å². The molecule has 1 atom stereocenters. The highest BCUT2D eigenvalue weighted by molar-refractivity contribution is 5.69. The van der Waals surface area contributed by atoms with Gasteiger partial charge in [-0.05, 0) is 44.9 Å². The van der Waals surface area contributed by atoms with Gasteiger partial charge in [-0.1, -0.05) is 205 Å². The highest BCUT2D eigenvalue weighted by Gasteiger charge is 2.13. The standard InChI is InChI=1S/C45H86O4/c1-3-5-7-9-11-13-15-17-19-21-23-25-27-29-31-33-35-37-39-41-48-43-44(42-46)49-45(47)40-38-36-34-32-30-28-26-24-22-20-18-16-14-12-10-8-6-4-2/h14,16,20,22,44,46H,3-13,15,17-19,21,23-43H2,1-2H3/b16-14-,22-20-. The average Bonchev–Trinajstić information content (AvgIpc) is 3.11. The molecule has 0 aromatic heterocycles. The predicted molar refractivity (Wildman–Crippen MR) is 214 cm³/mol. The summed E-state index contributed by atoms with van der Waals surface area (Å²) in [6, 6.07) is 0. The van der Waals surface area contributed by atoms with Gasteiger partial charge in [0, 0.05) is 13.0 Å². The second-order valence-corrected chi connectivity index (χ2v) is 14.8. The van der Waals surface area contributed by atoms with Gasteiger partial charge in [0.25, 0.3) is 0 Å². The summed E-state index contributed by atoms with van der Waals surface area (Å²) >= 11 is 0. The van der Waals surface area contributed by atoms with Crippen LogP contribution in [0.3, 0.4) is 0 Å². The van der Waals surface area contributed by atoms with Crippen molar-refractivity contribution < 1.29 is 19.4 Å². The molecule has 290 valence electrons. The van der Waals surface area contributed by atoms with Gasteiger partial charge in [-0.15, -0.1) is 0 Å². The van der Waals surface area contributed by atoms with Gasteiger partial charge in [0.15, 0.2) is 0 Å². The number of esters is 1. The van der Waals surface area contributed by atoms with E-state index < -0.39 is 6.10 Å². The molecule has 0 heterocycles. The summed E-state index contributed by atoms with van der Waals surface area (Å²) in [6.45, 7) is 5.36. The van der Waals surface area contributed by atoms with Crippen molar-refractivity contribution in [1.29, 1.82) is 0 Å². The SMILES string of the molecule is CCCCCC/C=C\C/C=C\CCCCCCCCCC(=O)OC(CO)COCCCCCCCCCCCCCCCCCCCCC. The lowest BCUT2D eigenvalue weighted by atomic mass is 10.0. The van der Waals surface area contributed by atoms with Crippen molar-refractivity contribution >= 4 is 5.97 Å². The van der Waals surface area contributed by atoms with Crippen LogP contribution in [-0.2, 0) is 14.3 Å². The molecular weight excluding hydrogens is 604 g/mol. The molecule has 1 N–H and O–H groups in total. The smallest absolute Gasteiger partial charge is 0.306 e. The van der Waals surface area contributed by atoms with Crippen LogP contribution in [0.1, 0.15) is 232 Å². The molecule has 0 aliphatic rings. The highest BCUT2D eigenvalue weighted by Crippen LogP contribution is 2.15. The first-order valence-corrected chi connectivity index (χ1v) is 21.9. The van der Waals surface area contributed by atoms with Crippen LogP contribution in [0.2, 0.25) is 0 Å². The minimum atomic E-state index is -0.534. The Labute approximate surface area is 307 Å². The molecule has 0 aliphatic carbocycles. The van der Waals surface area contributed by atoms with Gasteiger partial charge in [0.1, 0.15) is 6.10 Å². The number of carbonyl (C=O) groups is 1. The molecule has 0 aliphatic heterocycles. The summed E-state index contributed by atoms with van der Waals surface area (Å²) in [4.78, 5) is 12.2. The van der Waals surface area contributed by atoms with E-state index >= 15 is 0 Å². The summed E-state index contributed by atoms with van der Waals surface area (Å²) in [7, 11) is 0. The van der Waals surface area contributed by atoms with Gasteiger partial charge in [-0.25, -0.2) is 0 Å². The summed E-state index contributed by atoms with van der Waals surface area (Å²) < 4.78 is 11.2. The number of aliphatic hydroxyl groups is 1. The molecule has 0 rings (SSSR count). The Kier molecular flexibility index (Phi) is 42.0. The fraction of sp³-hybridized carbons (Fsp3) is 0.889. The molecule has 0 saturated heterocycles. The van der Waals surface area contributed by atoms with Crippen molar-refractivity contribution in [3.05, 3.63) is 24.3 Å². The number of rotatable bonds is 41. The number of carbonyl (C=O) groups excluding carboxylic acids is 1. The van der Waals surface area contributed by atoms with Crippen LogP contribution >= 0.6 is 0 Å². The third-order valence-corrected chi connectivity index (χ3v) is 9.78. The fourth-order valence-electron chi connectivity index (χ4n) is 6.48. The van der Waals surface area contributed by atoms with E-state index in [1.807, 2.05) is 0 Å². The Morgan fingerprint density at radius 3 is 1.29 bits per heavy atom. The van der Waals surface area contributed by atoms with Crippen LogP contribution < -0.4 is 0 Å². The van der Waals surface area contributed by atoms with Crippen LogP contribution in [0.15, 0.2) is 24.3 Å². The van der Waals surface area contributed by atoms with Crippen molar-refractivity contribution in [2.75, 3.05) is 19.8 Å². The Morgan fingerprint density at radius 2 is 0.857 bits per heavy atom. The molecule has 4 heteroatoms. The average molecular weight is 691 g/mol. The Morgan fingerprint density at radius 1 is 0.490 bits per heavy atom. The normalized spacial score (nSPS) is 12.5. The first-order chi connectivity index (χ1) is 24.2. The van der Waals surface area contributed by atoms with Crippen LogP contribution in [0, 0.1) is 0 Å². The minimum absolute atomic E-state index is 0.171. The molecule has 0 spiro atoms. The van der Waals surface area contributed by atoms with Crippen LogP contribution in [0.25, 0.3) is 0 Å². The highest BCUT2D eigenvalue weighted by atomic mass is 16.6. The third kappa shape index (κ3) is 41.2. The van der Waals surface area contributed by atoms with Crippen molar-refractivity contribution in [2.45, 2.75) is 238 Å². The second-order valence-electron chi connectivity index (χ2n) is 14.8. The molecule has 4 nitrogen and oxygen atoms in total. The van der Waals surface area contributed by atoms with E-state index in [4.69, 9.17) is 9.47 Å². The van der Waals surface area contributed by atoms with Crippen LogP contribution in [0.4, 0.5) is 0 Å². The Balaban J connectivity index is 3.40. The van der Waals surface area contributed by atoms with Gasteiger partial charge in [-0.3, -0.25) is 4.79 Å². The van der Waals surface area contributed by atoms with Gasteiger partial charge in [0.2, 0.25) is 0 Å². The van der Waals surface area contributed by atoms with Gasteiger partial charge >= 0.3 is 5.97 Å². The number of hydrogen-bond donors (Lipinski definition) is 1. The van der Waals surface area contributed by atoms with E-state index in [9.17, 15) is 9.90 Å². The predicted octanol–water partition coefficient (Wildman–Crippen LogP) is 14.3. The van der Waals surface area contributed by atoms with E-state index in [-0.39, 0.29) is 12.6 Å². The van der Waals surface area contributed by atoms with Crippen molar-refractivity contribution in [2.24, 2.45) is 0 Å². The van der Waals surface area contributed by atoms with E-state index in [1.54, 1.807) is 0 Å². The van der Waals surface area contributed by atoms with E-state index in [1.165, 1.54) is 186 Å². The number of allylic oxidation sites excluding steroid dienone is 4. The van der Waals surface area contributed by atoms with Crippen molar-refractivity contribution in [3.63, 3.8) is 0 Å². The summed E-state index contributed by atoms with van der Waals surface area (Å²) in [5.41, 5.74) is 0. The zero-order valence-electron chi connectivity index (χ0n) is 33.2. The molecule has 49 heavy (non-hydrogen) atoms. The lowest BCUT2D eigenvalue weighted by Crippen LogP contribution is -2.27. The molecule has 0 radical (unpaired) electrons. The Bertz CT molecular complexity index is 688. The Hall–Kier alpha value is -1.13. The van der Waals surface area contributed by atoms with Crippen LogP contribution in [-0.4, -0.2) is 37.0 Å². The molecular formula is C45H86O4. The third-order valence-electron chi connectivity index (χ3n) is 9.78. The molecule has 0 saturated carbocycles. The van der Waals surface area contributed by atoms with E-state index in [0.717, 1.165) is 25.7 Å². The maximum Gasteiger partial charge on any atom is 0.306 e. The molecule has 0 aromatic rings. The molecule has 0 aromatic carbocycles. The quantitative estimate of drug-likeness (QED) is 0.0394. The maximum atomic E-state index is 12.2. The second kappa shape index (κ2) is 43.0. The molecule has 0 amide bonds. The van der Waals surface area contributed by atoms with E-state index in [0.29, 0.717) is 19.6 Å². The number of unbranched alkanes of at least 4 members (excludes halogenated alkanes) is 29. The summed E-state index contributed by atoms with van der Waals surface area (Å²) in [5, 5.41) is 9.60. The lowest BCUT2D eigenvalue weighted by molar-refractivity contribution is -0.154. The minimum Gasteiger partial charge on any atom is -0.457 e. The van der Waals surface area contributed by atoms with Gasteiger partial charge in [0.05, 0.1) is 13.2 Å². The van der Waals surface area contributed by atoms with Crippen molar-refractivity contribution in [3.8, 4) is 0 Å². The zero-order chi connectivity index (χ0) is 35.6. The van der Waals surface area contributed by atoms with Crippen LogP contribution in [0.5, 0.6) is 0 Å². The molecule has 0 bridgehead atoms. The first-order valence-electron chi connectivity index (χ1n) is 21.9. The largest absolute Gasteiger partial charge is 0.457 e. The lowest BCUT2D eigenvalue weighted by Gasteiger charge is -2.16. The monoisotopic (exact) mass is 691 g/mol. The topological polar surface area (TPSA) is 55.8 Å². The number of aliphatic hydroxyl groups excluding tert-OH is 1. The number of ether oxygens (including phenoxy) is 2. The maximum absolute atomic E-state index is 12.2. The first kappa shape index (κ1) is 47.9. The molecule has 1 unspecified atom stereocenters. The summed E-state index contributed by atoms with van der Waals surface area (Å²) in [5.74, 6) is -0.204.